The Morgan fingerprint density at radius 2 is 0.594 bits per heavy atom. The van der Waals surface area contributed by atoms with Crippen molar-refractivity contribution in [1.82, 2.24) is 0 Å². The topological polar surface area (TPSA) is 103 Å². The van der Waals surface area contributed by atoms with Gasteiger partial charge in [-0.25, -0.2) is 0 Å². The van der Waals surface area contributed by atoms with E-state index in [1.54, 1.807) is 49.8 Å². The lowest BCUT2D eigenvalue weighted by atomic mass is 9.89. The Morgan fingerprint density at radius 3 is 0.844 bits per heavy atom. The zero-order valence-corrected chi connectivity index (χ0v) is 21.1. The summed E-state index contributed by atoms with van der Waals surface area (Å²) in [5, 5.41) is 9.91. The van der Waals surface area contributed by atoms with E-state index in [0.29, 0.717) is 66.1 Å². The molecule has 194 valence electrons. The molecule has 0 unspecified atom stereocenters. The third kappa shape index (κ3) is 11.1. The second-order valence-corrected chi connectivity index (χ2v) is 8.67. The summed E-state index contributed by atoms with van der Waals surface area (Å²) in [6.07, 6.45) is 0. The Hall–Kier alpha value is -0.400. The molecule has 0 atom stereocenters. The first-order valence-electron chi connectivity index (χ1n) is 10.6. The van der Waals surface area contributed by atoms with Crippen LogP contribution in [0.4, 0.5) is 0 Å². The monoisotopic (exact) mass is 470 g/mol. The lowest BCUT2D eigenvalue weighted by molar-refractivity contribution is -0.142. The van der Waals surface area contributed by atoms with E-state index < -0.39 is 16.2 Å². The minimum Gasteiger partial charge on any atom is -0.396 e. The molecule has 0 fully saturated rings. The Balaban J connectivity index is 5.27. The molecular weight excluding hydrogens is 424 g/mol. The zero-order chi connectivity index (χ0) is 24.3. The molecule has 0 radical (unpaired) electrons. The first-order chi connectivity index (χ1) is 15.4. The molecule has 0 saturated carbocycles. The molecular formula is C22H46O10. The summed E-state index contributed by atoms with van der Waals surface area (Å²) in [7, 11) is 11.3. The highest BCUT2D eigenvalue weighted by molar-refractivity contribution is 4.84. The van der Waals surface area contributed by atoms with Crippen LogP contribution in [0.25, 0.3) is 0 Å². The van der Waals surface area contributed by atoms with Gasteiger partial charge in [0.1, 0.15) is 0 Å². The maximum atomic E-state index is 9.91. The Kier molecular flexibility index (Phi) is 17.8. The van der Waals surface area contributed by atoms with Crippen molar-refractivity contribution in [2.45, 2.75) is 0 Å². The molecule has 0 aliphatic carbocycles. The Bertz CT molecular complexity index is 406. The van der Waals surface area contributed by atoms with Crippen LogP contribution in [0.3, 0.4) is 0 Å². The molecule has 10 nitrogen and oxygen atoms in total. The fraction of sp³-hybridized carbons (Fsp3) is 1.00. The molecule has 0 amide bonds. The number of aliphatic hydroxyl groups excluding tert-OH is 1. The number of hydrogen-bond donors (Lipinski definition) is 1. The van der Waals surface area contributed by atoms with Crippen LogP contribution in [-0.2, 0) is 42.6 Å². The summed E-state index contributed by atoms with van der Waals surface area (Å²) >= 11 is 0. The predicted octanol–water partition coefficient (Wildman–Crippen LogP) is 0.496. The standard InChI is InChI=1S/C22H46O10/c1-24-9-20(8-23,10-25-2)16-31-18-22(14-29-6,15-30-7)19-32-17-21(11-26-3,12-27-4)13-28-5/h23H,8-19H2,1-7H3. The van der Waals surface area contributed by atoms with Gasteiger partial charge in [-0.15, -0.1) is 0 Å². The quantitative estimate of drug-likeness (QED) is 0.227. The SMILES string of the molecule is COCC(CO)(COC)COCC(COC)(COC)COCC(COC)(COC)COC. The van der Waals surface area contributed by atoms with E-state index >= 15 is 0 Å². The van der Waals surface area contributed by atoms with Crippen LogP contribution in [0.5, 0.6) is 0 Å². The minimum absolute atomic E-state index is 0.125. The molecule has 0 aromatic heterocycles. The molecule has 10 heteroatoms. The average molecular weight is 471 g/mol. The fourth-order valence-electron chi connectivity index (χ4n) is 3.87. The van der Waals surface area contributed by atoms with Crippen molar-refractivity contribution in [3.63, 3.8) is 0 Å². The van der Waals surface area contributed by atoms with Crippen LogP contribution in [0.2, 0.25) is 0 Å². The van der Waals surface area contributed by atoms with Crippen molar-refractivity contribution in [1.29, 1.82) is 0 Å². The van der Waals surface area contributed by atoms with Gasteiger partial charge >= 0.3 is 0 Å². The van der Waals surface area contributed by atoms with Gasteiger partial charge in [0.2, 0.25) is 0 Å². The van der Waals surface area contributed by atoms with Crippen molar-refractivity contribution in [3.8, 4) is 0 Å². The van der Waals surface area contributed by atoms with Gasteiger partial charge in [-0.3, -0.25) is 0 Å². The molecule has 0 bridgehead atoms. The highest BCUT2D eigenvalue weighted by atomic mass is 16.5. The number of rotatable bonds is 23. The molecule has 1 N–H and O–H groups in total. The molecule has 0 aromatic carbocycles. The second-order valence-electron chi connectivity index (χ2n) is 8.67. The summed E-state index contributed by atoms with van der Waals surface area (Å²) in [4.78, 5) is 0. The van der Waals surface area contributed by atoms with E-state index in [-0.39, 0.29) is 13.2 Å². The molecule has 0 aliphatic rings. The van der Waals surface area contributed by atoms with E-state index in [2.05, 4.69) is 0 Å². The zero-order valence-electron chi connectivity index (χ0n) is 21.1. The molecule has 0 saturated heterocycles. The van der Waals surface area contributed by atoms with Crippen LogP contribution in [0, 0.1) is 16.2 Å². The van der Waals surface area contributed by atoms with Crippen LogP contribution in [0.1, 0.15) is 0 Å². The van der Waals surface area contributed by atoms with E-state index in [1.165, 1.54) is 0 Å². The van der Waals surface area contributed by atoms with E-state index in [4.69, 9.17) is 42.6 Å². The van der Waals surface area contributed by atoms with Gasteiger partial charge in [0.25, 0.3) is 0 Å². The number of methoxy groups -OCH3 is 7. The lowest BCUT2D eigenvalue weighted by Crippen LogP contribution is -2.46. The molecule has 0 spiro atoms. The van der Waals surface area contributed by atoms with Crippen LogP contribution < -0.4 is 0 Å². The first kappa shape index (κ1) is 31.6. The smallest absolute Gasteiger partial charge is 0.0637 e. The van der Waals surface area contributed by atoms with Gasteiger partial charge in [-0.05, 0) is 0 Å². The van der Waals surface area contributed by atoms with Crippen molar-refractivity contribution >= 4 is 0 Å². The van der Waals surface area contributed by atoms with Crippen molar-refractivity contribution in [2.24, 2.45) is 16.2 Å². The van der Waals surface area contributed by atoms with Gasteiger partial charge in [-0.2, -0.15) is 0 Å². The maximum Gasteiger partial charge on any atom is 0.0637 e. The maximum absolute atomic E-state index is 9.91. The lowest BCUT2D eigenvalue weighted by Gasteiger charge is -2.37. The normalized spacial score (nSPS) is 13.1. The van der Waals surface area contributed by atoms with Gasteiger partial charge in [0.15, 0.2) is 0 Å². The molecule has 32 heavy (non-hydrogen) atoms. The fourth-order valence-corrected chi connectivity index (χ4v) is 3.87. The highest BCUT2D eigenvalue weighted by Gasteiger charge is 2.37. The van der Waals surface area contributed by atoms with E-state index in [9.17, 15) is 5.11 Å². The predicted molar refractivity (Wildman–Crippen MR) is 119 cm³/mol. The molecule has 0 rings (SSSR count). The van der Waals surface area contributed by atoms with Crippen molar-refractivity contribution < 1.29 is 47.7 Å². The van der Waals surface area contributed by atoms with Crippen molar-refractivity contribution in [3.05, 3.63) is 0 Å². The van der Waals surface area contributed by atoms with E-state index in [0.717, 1.165) is 0 Å². The largest absolute Gasteiger partial charge is 0.396 e. The molecule has 0 heterocycles. The van der Waals surface area contributed by atoms with Crippen molar-refractivity contribution in [2.75, 3.05) is 129 Å². The number of ether oxygens (including phenoxy) is 9. The summed E-state index contributed by atoms with van der Waals surface area (Å²) in [6, 6.07) is 0. The summed E-state index contributed by atoms with van der Waals surface area (Å²) in [6.45, 7) is 3.77. The summed E-state index contributed by atoms with van der Waals surface area (Å²) < 4.78 is 49.9. The van der Waals surface area contributed by atoms with Crippen LogP contribution >= 0.6 is 0 Å². The highest BCUT2D eigenvalue weighted by Crippen LogP contribution is 2.26. The second kappa shape index (κ2) is 18.0. The van der Waals surface area contributed by atoms with Gasteiger partial charge in [0, 0.05) is 49.8 Å². The first-order valence-corrected chi connectivity index (χ1v) is 10.6. The minimum atomic E-state index is -0.652. The average Bonchev–Trinajstić information content (AvgIpc) is 2.75. The number of hydrogen-bond acceptors (Lipinski definition) is 10. The van der Waals surface area contributed by atoms with E-state index in [1.807, 2.05) is 0 Å². The third-order valence-corrected chi connectivity index (χ3v) is 5.12. The van der Waals surface area contributed by atoms with Gasteiger partial charge < -0.3 is 47.7 Å². The van der Waals surface area contributed by atoms with Crippen LogP contribution in [-0.4, -0.2) is 134 Å². The van der Waals surface area contributed by atoms with Gasteiger partial charge in [-0.1, -0.05) is 0 Å². The van der Waals surface area contributed by atoms with Crippen LogP contribution in [0.15, 0.2) is 0 Å². The van der Waals surface area contributed by atoms with Gasteiger partial charge in [0.05, 0.1) is 95.5 Å². The number of aliphatic hydroxyl groups is 1. The summed E-state index contributed by atoms with van der Waals surface area (Å²) in [5.41, 5.74) is -1.64. The molecule has 0 aliphatic heterocycles. The third-order valence-electron chi connectivity index (χ3n) is 5.12. The Labute approximate surface area is 193 Å². The summed E-state index contributed by atoms with van der Waals surface area (Å²) in [5.74, 6) is 0. The Morgan fingerprint density at radius 1 is 0.375 bits per heavy atom. The molecule has 0 aromatic rings.